The summed E-state index contributed by atoms with van der Waals surface area (Å²) in [4.78, 5) is 16.9. The maximum Gasteiger partial charge on any atom is 0.279 e. The monoisotopic (exact) mass is 327 g/mol. The number of halogens is 1. The molecular weight excluding hydrogens is 309 g/mol. The Labute approximate surface area is 138 Å². The van der Waals surface area contributed by atoms with Gasteiger partial charge in [0.1, 0.15) is 24.0 Å². The number of benzene rings is 2. The second kappa shape index (κ2) is 6.70. The topological polar surface area (TPSA) is 56.1 Å². The first kappa shape index (κ1) is 16.0. The van der Waals surface area contributed by atoms with Crippen LogP contribution in [-0.2, 0) is 6.61 Å². The Balaban J connectivity index is 1.88. The molecule has 0 unspecified atom stereocenters. The third kappa shape index (κ3) is 3.22. The molecule has 0 saturated heterocycles. The van der Waals surface area contributed by atoms with Gasteiger partial charge in [-0.15, -0.1) is 0 Å². The standard InChI is InChI=1S/C18H18FN3O2/c1-3-20-22-12(2)21-17-10-15(7-8-16(17)18(22)23)24-11-13-5-4-6-14(19)9-13/h4-10,20H,3,11H2,1-2H3. The number of nitrogens with zero attached hydrogens (tertiary/aromatic N) is 2. The number of fused-ring (bicyclic) bond motifs is 1. The van der Waals surface area contributed by atoms with Crippen LogP contribution in [-0.4, -0.2) is 16.2 Å². The van der Waals surface area contributed by atoms with Crippen molar-refractivity contribution >= 4 is 10.9 Å². The molecule has 0 fully saturated rings. The highest BCUT2D eigenvalue weighted by Gasteiger charge is 2.09. The summed E-state index contributed by atoms with van der Waals surface area (Å²) in [5.74, 6) is 0.867. The molecule has 0 atom stereocenters. The zero-order valence-corrected chi connectivity index (χ0v) is 13.5. The molecule has 0 aliphatic rings. The van der Waals surface area contributed by atoms with Crippen LogP contribution in [0.5, 0.6) is 5.75 Å². The minimum Gasteiger partial charge on any atom is -0.489 e. The summed E-state index contributed by atoms with van der Waals surface area (Å²) in [5, 5.41) is 0.514. The van der Waals surface area contributed by atoms with E-state index in [1.165, 1.54) is 16.8 Å². The average Bonchev–Trinajstić information content (AvgIpc) is 2.56. The molecule has 0 aliphatic carbocycles. The van der Waals surface area contributed by atoms with Gasteiger partial charge in [0.2, 0.25) is 0 Å². The van der Waals surface area contributed by atoms with E-state index in [2.05, 4.69) is 10.4 Å². The van der Waals surface area contributed by atoms with Crippen LogP contribution in [0.1, 0.15) is 18.3 Å². The predicted octanol–water partition coefficient (Wildman–Crippen LogP) is 2.99. The number of nitrogens with one attached hydrogen (secondary N) is 1. The Hall–Kier alpha value is -2.89. The number of hydrogen-bond donors (Lipinski definition) is 1. The highest BCUT2D eigenvalue weighted by molar-refractivity contribution is 5.79. The highest BCUT2D eigenvalue weighted by Crippen LogP contribution is 2.18. The molecule has 24 heavy (non-hydrogen) atoms. The lowest BCUT2D eigenvalue weighted by atomic mass is 10.2. The van der Waals surface area contributed by atoms with E-state index in [1.807, 2.05) is 6.92 Å². The highest BCUT2D eigenvalue weighted by atomic mass is 19.1. The Kier molecular flexibility index (Phi) is 4.46. The quantitative estimate of drug-likeness (QED) is 0.783. The molecule has 5 nitrogen and oxygen atoms in total. The molecule has 3 aromatic rings. The summed E-state index contributed by atoms with van der Waals surface area (Å²) >= 11 is 0. The van der Waals surface area contributed by atoms with E-state index < -0.39 is 0 Å². The minimum atomic E-state index is -0.295. The Bertz CT molecular complexity index is 937. The zero-order valence-electron chi connectivity index (χ0n) is 13.5. The maximum atomic E-state index is 13.2. The smallest absolute Gasteiger partial charge is 0.279 e. The number of aryl methyl sites for hydroxylation is 1. The van der Waals surface area contributed by atoms with Crippen LogP contribution in [0.15, 0.2) is 47.3 Å². The van der Waals surface area contributed by atoms with Crippen molar-refractivity contribution in [3.8, 4) is 5.75 Å². The second-order valence-corrected chi connectivity index (χ2v) is 5.41. The fraction of sp³-hybridized carbons (Fsp3) is 0.222. The first-order valence-electron chi connectivity index (χ1n) is 7.73. The number of ether oxygens (including phenoxy) is 1. The summed E-state index contributed by atoms with van der Waals surface area (Å²) in [6, 6.07) is 11.4. The summed E-state index contributed by atoms with van der Waals surface area (Å²) in [5.41, 5.74) is 4.15. The van der Waals surface area contributed by atoms with Crippen molar-refractivity contribution in [3.63, 3.8) is 0 Å². The molecule has 0 saturated carbocycles. The summed E-state index contributed by atoms with van der Waals surface area (Å²) in [6.45, 7) is 4.56. The van der Waals surface area contributed by atoms with Crippen LogP contribution in [0.25, 0.3) is 10.9 Å². The summed E-state index contributed by atoms with van der Waals surface area (Å²) in [6.07, 6.45) is 0. The lowest BCUT2D eigenvalue weighted by molar-refractivity contribution is 0.306. The SMILES string of the molecule is CCNn1c(C)nc2cc(OCc3cccc(F)c3)ccc2c1=O. The third-order valence-corrected chi connectivity index (χ3v) is 3.62. The number of hydrogen-bond acceptors (Lipinski definition) is 4. The number of rotatable bonds is 5. The van der Waals surface area contributed by atoms with Gasteiger partial charge in [-0.25, -0.2) is 14.1 Å². The van der Waals surface area contributed by atoms with Crippen LogP contribution < -0.4 is 15.7 Å². The van der Waals surface area contributed by atoms with Gasteiger partial charge in [0.25, 0.3) is 5.56 Å². The van der Waals surface area contributed by atoms with E-state index in [1.54, 1.807) is 37.3 Å². The van der Waals surface area contributed by atoms with Crippen LogP contribution in [0.4, 0.5) is 4.39 Å². The van der Waals surface area contributed by atoms with Gasteiger partial charge in [0.05, 0.1) is 10.9 Å². The minimum absolute atomic E-state index is 0.143. The molecule has 124 valence electrons. The van der Waals surface area contributed by atoms with Gasteiger partial charge in [-0.1, -0.05) is 12.1 Å². The van der Waals surface area contributed by atoms with Gasteiger partial charge in [0, 0.05) is 12.6 Å². The van der Waals surface area contributed by atoms with Gasteiger partial charge >= 0.3 is 0 Å². The first-order chi connectivity index (χ1) is 11.6. The van der Waals surface area contributed by atoms with Crippen molar-refractivity contribution in [1.29, 1.82) is 0 Å². The Morgan fingerprint density at radius 2 is 2.08 bits per heavy atom. The van der Waals surface area contributed by atoms with E-state index in [-0.39, 0.29) is 18.0 Å². The van der Waals surface area contributed by atoms with Crippen molar-refractivity contribution in [3.05, 3.63) is 70.0 Å². The number of aromatic nitrogens is 2. The Morgan fingerprint density at radius 1 is 1.25 bits per heavy atom. The lowest BCUT2D eigenvalue weighted by Crippen LogP contribution is -2.31. The van der Waals surface area contributed by atoms with Crippen LogP contribution >= 0.6 is 0 Å². The molecular formula is C18H18FN3O2. The van der Waals surface area contributed by atoms with Crippen molar-refractivity contribution in [2.45, 2.75) is 20.5 Å². The fourth-order valence-corrected chi connectivity index (χ4v) is 2.50. The van der Waals surface area contributed by atoms with Gasteiger partial charge in [-0.2, -0.15) is 0 Å². The largest absolute Gasteiger partial charge is 0.489 e. The van der Waals surface area contributed by atoms with E-state index >= 15 is 0 Å². The fourth-order valence-electron chi connectivity index (χ4n) is 2.50. The molecule has 0 amide bonds. The van der Waals surface area contributed by atoms with Crippen molar-refractivity contribution < 1.29 is 9.13 Å². The van der Waals surface area contributed by atoms with Crippen molar-refractivity contribution in [2.75, 3.05) is 12.0 Å². The van der Waals surface area contributed by atoms with Gasteiger partial charge in [0.15, 0.2) is 0 Å². The van der Waals surface area contributed by atoms with Crippen molar-refractivity contribution in [1.82, 2.24) is 9.66 Å². The van der Waals surface area contributed by atoms with Crippen LogP contribution in [0.2, 0.25) is 0 Å². The van der Waals surface area contributed by atoms with Crippen LogP contribution in [0, 0.1) is 12.7 Å². The van der Waals surface area contributed by atoms with Crippen molar-refractivity contribution in [2.24, 2.45) is 0 Å². The maximum absolute atomic E-state index is 13.2. The molecule has 3 rings (SSSR count). The van der Waals surface area contributed by atoms with Crippen LogP contribution in [0.3, 0.4) is 0 Å². The van der Waals surface area contributed by atoms with Gasteiger partial charge < -0.3 is 10.2 Å². The average molecular weight is 327 g/mol. The van der Waals surface area contributed by atoms with Gasteiger partial charge in [-0.05, 0) is 43.7 Å². The van der Waals surface area contributed by atoms with Gasteiger partial charge in [-0.3, -0.25) is 4.79 Å². The molecule has 2 aromatic carbocycles. The molecule has 6 heteroatoms. The third-order valence-electron chi connectivity index (χ3n) is 3.62. The van der Waals surface area contributed by atoms with E-state index in [4.69, 9.17) is 4.74 Å². The van der Waals surface area contributed by atoms with E-state index in [9.17, 15) is 9.18 Å². The second-order valence-electron chi connectivity index (χ2n) is 5.41. The normalized spacial score (nSPS) is 10.8. The lowest BCUT2D eigenvalue weighted by Gasteiger charge is -2.12. The zero-order chi connectivity index (χ0) is 17.1. The Morgan fingerprint density at radius 3 is 2.83 bits per heavy atom. The first-order valence-corrected chi connectivity index (χ1v) is 7.73. The predicted molar refractivity (Wildman–Crippen MR) is 91.4 cm³/mol. The molecule has 1 heterocycles. The summed E-state index contributed by atoms with van der Waals surface area (Å²) in [7, 11) is 0. The molecule has 0 radical (unpaired) electrons. The molecule has 0 spiro atoms. The molecule has 0 bridgehead atoms. The van der Waals surface area contributed by atoms with E-state index in [0.29, 0.717) is 29.0 Å². The molecule has 1 aromatic heterocycles. The van der Waals surface area contributed by atoms with E-state index in [0.717, 1.165) is 5.56 Å². The molecule has 1 N–H and O–H groups in total. The summed E-state index contributed by atoms with van der Waals surface area (Å²) < 4.78 is 20.3. The molecule has 0 aliphatic heterocycles.